The Morgan fingerprint density at radius 2 is 1.89 bits per heavy atom. The van der Waals surface area contributed by atoms with Crippen LogP contribution in [0.1, 0.15) is 13.3 Å². The molecule has 2 N–H and O–H groups in total. The van der Waals surface area contributed by atoms with Gasteiger partial charge in [0.15, 0.2) is 0 Å². The van der Waals surface area contributed by atoms with Crippen molar-refractivity contribution < 1.29 is 9.53 Å². The highest BCUT2D eigenvalue weighted by molar-refractivity contribution is 5.95. The highest BCUT2D eigenvalue weighted by Gasteiger charge is 2.27. The van der Waals surface area contributed by atoms with E-state index in [0.29, 0.717) is 12.5 Å². The first-order valence-corrected chi connectivity index (χ1v) is 12.4. The Morgan fingerprint density at radius 1 is 1.11 bits per heavy atom. The van der Waals surface area contributed by atoms with E-state index in [1.165, 1.54) is 5.69 Å². The SMILES string of the molecule is CCN(C(=O)[C@H]1CCNC1)c1ccc(-c2ccnc(Nc3ccc(N4CCOCC4)cc3)n2)cc1. The lowest BCUT2D eigenvalue weighted by atomic mass is 10.1. The van der Waals surface area contributed by atoms with Crippen LogP contribution in [0.5, 0.6) is 0 Å². The zero-order chi connectivity index (χ0) is 24.0. The average molecular weight is 473 g/mol. The summed E-state index contributed by atoms with van der Waals surface area (Å²) in [5.74, 6) is 0.802. The van der Waals surface area contributed by atoms with Gasteiger partial charge in [0, 0.05) is 55.0 Å². The van der Waals surface area contributed by atoms with E-state index in [1.807, 2.05) is 54.3 Å². The van der Waals surface area contributed by atoms with E-state index in [0.717, 1.165) is 68.4 Å². The van der Waals surface area contributed by atoms with Gasteiger partial charge < -0.3 is 25.2 Å². The van der Waals surface area contributed by atoms with Crippen LogP contribution in [0.2, 0.25) is 0 Å². The number of anilines is 4. The number of nitrogens with one attached hydrogen (secondary N) is 2. The zero-order valence-corrected chi connectivity index (χ0v) is 20.1. The molecule has 35 heavy (non-hydrogen) atoms. The van der Waals surface area contributed by atoms with Crippen LogP contribution in [0.15, 0.2) is 60.8 Å². The smallest absolute Gasteiger partial charge is 0.231 e. The largest absolute Gasteiger partial charge is 0.378 e. The molecule has 0 radical (unpaired) electrons. The number of carbonyl (C=O) groups is 1. The molecule has 8 heteroatoms. The number of ether oxygens (including phenoxy) is 1. The fraction of sp³-hybridized carbons (Fsp3) is 0.370. The number of amides is 1. The Balaban J connectivity index is 1.26. The molecular weight excluding hydrogens is 440 g/mol. The van der Waals surface area contributed by atoms with Gasteiger partial charge in [-0.1, -0.05) is 12.1 Å². The lowest BCUT2D eigenvalue weighted by molar-refractivity contribution is -0.121. The number of hydrogen-bond acceptors (Lipinski definition) is 7. The number of hydrogen-bond donors (Lipinski definition) is 2. The van der Waals surface area contributed by atoms with Crippen LogP contribution in [-0.2, 0) is 9.53 Å². The van der Waals surface area contributed by atoms with Crippen LogP contribution < -0.4 is 20.4 Å². The third-order valence-electron chi connectivity index (χ3n) is 6.62. The standard InChI is InChI=1S/C27H32N6O2/c1-2-33(26(34)21-11-13-28-19-21)24-7-3-20(4-8-24)25-12-14-29-27(31-25)30-22-5-9-23(10-6-22)32-15-17-35-18-16-32/h3-10,12,14,21,28H,2,11,13,15-19H2,1H3,(H,29,30,31)/t21-/m0/s1. The third kappa shape index (κ3) is 5.44. The van der Waals surface area contributed by atoms with Gasteiger partial charge in [-0.25, -0.2) is 9.97 Å². The summed E-state index contributed by atoms with van der Waals surface area (Å²) in [6.07, 6.45) is 2.66. The Morgan fingerprint density at radius 3 is 2.57 bits per heavy atom. The van der Waals surface area contributed by atoms with E-state index in [1.54, 1.807) is 6.20 Å². The fourth-order valence-electron chi connectivity index (χ4n) is 4.65. The van der Waals surface area contributed by atoms with Gasteiger partial charge in [-0.2, -0.15) is 0 Å². The quantitative estimate of drug-likeness (QED) is 0.543. The molecule has 1 aromatic heterocycles. The second kappa shape index (κ2) is 10.8. The first-order valence-electron chi connectivity index (χ1n) is 12.4. The molecule has 0 saturated carbocycles. The second-order valence-electron chi connectivity index (χ2n) is 8.86. The first-order chi connectivity index (χ1) is 17.2. The number of aromatic nitrogens is 2. The Kier molecular flexibility index (Phi) is 7.20. The highest BCUT2D eigenvalue weighted by Crippen LogP contribution is 2.26. The maximum Gasteiger partial charge on any atom is 0.231 e. The summed E-state index contributed by atoms with van der Waals surface area (Å²) in [6.45, 7) is 7.72. The Hall–Kier alpha value is -3.49. The summed E-state index contributed by atoms with van der Waals surface area (Å²) in [4.78, 5) is 26.2. The van der Waals surface area contributed by atoms with E-state index in [9.17, 15) is 4.79 Å². The van der Waals surface area contributed by atoms with Gasteiger partial charge in [0.2, 0.25) is 11.9 Å². The summed E-state index contributed by atoms with van der Waals surface area (Å²) >= 11 is 0. The van der Waals surface area contributed by atoms with Crippen LogP contribution in [0.4, 0.5) is 23.0 Å². The molecule has 2 fully saturated rings. The van der Waals surface area contributed by atoms with Crippen LogP contribution >= 0.6 is 0 Å². The number of benzene rings is 2. The average Bonchev–Trinajstić information content (AvgIpc) is 3.46. The maximum atomic E-state index is 12.9. The van der Waals surface area contributed by atoms with Crippen molar-refractivity contribution in [3.63, 3.8) is 0 Å². The van der Waals surface area contributed by atoms with Crippen LogP contribution in [0.25, 0.3) is 11.3 Å². The van der Waals surface area contributed by atoms with Gasteiger partial charge in [-0.05, 0) is 62.4 Å². The Bertz CT molecular complexity index is 1120. The molecule has 3 heterocycles. The predicted octanol–water partition coefficient (Wildman–Crippen LogP) is 3.69. The summed E-state index contributed by atoms with van der Waals surface area (Å²) in [5.41, 5.74) is 4.85. The van der Waals surface area contributed by atoms with E-state index >= 15 is 0 Å². The summed E-state index contributed by atoms with van der Waals surface area (Å²) in [6, 6.07) is 18.2. The van der Waals surface area contributed by atoms with Gasteiger partial charge in [0.1, 0.15) is 0 Å². The topological polar surface area (TPSA) is 82.6 Å². The molecule has 1 amide bonds. The third-order valence-corrected chi connectivity index (χ3v) is 6.62. The van der Waals surface area contributed by atoms with E-state index in [-0.39, 0.29) is 11.8 Å². The summed E-state index contributed by atoms with van der Waals surface area (Å²) in [5, 5.41) is 6.59. The number of nitrogens with zero attached hydrogens (tertiary/aromatic N) is 4. The molecular formula is C27H32N6O2. The van der Waals surface area contributed by atoms with Crippen molar-refractivity contribution in [2.24, 2.45) is 5.92 Å². The van der Waals surface area contributed by atoms with Gasteiger partial charge in [0.25, 0.3) is 0 Å². The molecule has 5 rings (SSSR count). The summed E-state index contributed by atoms with van der Waals surface area (Å²) in [7, 11) is 0. The van der Waals surface area contributed by atoms with E-state index in [2.05, 4.69) is 32.7 Å². The molecule has 2 saturated heterocycles. The minimum absolute atomic E-state index is 0.0630. The Labute approximate surface area is 206 Å². The molecule has 0 unspecified atom stereocenters. The number of morpholine rings is 1. The van der Waals surface area contributed by atoms with Crippen LogP contribution in [0, 0.1) is 5.92 Å². The van der Waals surface area contributed by atoms with Crippen molar-refractivity contribution in [2.75, 3.05) is 61.1 Å². The molecule has 182 valence electrons. The molecule has 8 nitrogen and oxygen atoms in total. The van der Waals surface area contributed by atoms with Gasteiger partial charge >= 0.3 is 0 Å². The summed E-state index contributed by atoms with van der Waals surface area (Å²) < 4.78 is 5.44. The highest BCUT2D eigenvalue weighted by atomic mass is 16.5. The monoisotopic (exact) mass is 472 g/mol. The molecule has 0 bridgehead atoms. The van der Waals surface area contributed by atoms with Crippen molar-refractivity contribution in [1.82, 2.24) is 15.3 Å². The molecule has 0 spiro atoms. The van der Waals surface area contributed by atoms with Crippen molar-refractivity contribution in [3.05, 3.63) is 60.8 Å². The molecule has 2 aliphatic rings. The molecule has 2 aliphatic heterocycles. The second-order valence-corrected chi connectivity index (χ2v) is 8.86. The first kappa shape index (κ1) is 23.3. The molecule has 1 atom stereocenters. The van der Waals surface area contributed by atoms with Crippen molar-refractivity contribution >= 4 is 28.9 Å². The van der Waals surface area contributed by atoms with Crippen molar-refractivity contribution in [2.45, 2.75) is 13.3 Å². The number of rotatable bonds is 7. The van der Waals surface area contributed by atoms with Crippen molar-refractivity contribution in [3.8, 4) is 11.3 Å². The fourth-order valence-corrected chi connectivity index (χ4v) is 4.65. The maximum absolute atomic E-state index is 12.9. The number of carbonyl (C=O) groups excluding carboxylic acids is 1. The lowest BCUT2D eigenvalue weighted by Gasteiger charge is -2.28. The van der Waals surface area contributed by atoms with Crippen LogP contribution in [0.3, 0.4) is 0 Å². The van der Waals surface area contributed by atoms with Gasteiger partial charge in [-0.15, -0.1) is 0 Å². The van der Waals surface area contributed by atoms with Gasteiger partial charge in [0.05, 0.1) is 24.8 Å². The molecule has 3 aromatic rings. The zero-order valence-electron chi connectivity index (χ0n) is 20.1. The van der Waals surface area contributed by atoms with E-state index < -0.39 is 0 Å². The molecule has 2 aromatic carbocycles. The molecule has 0 aliphatic carbocycles. The van der Waals surface area contributed by atoms with Gasteiger partial charge in [-0.3, -0.25) is 4.79 Å². The van der Waals surface area contributed by atoms with E-state index in [4.69, 9.17) is 9.72 Å². The van der Waals surface area contributed by atoms with Crippen molar-refractivity contribution in [1.29, 1.82) is 0 Å². The minimum atomic E-state index is 0.0630. The normalized spacial score (nSPS) is 17.9. The predicted molar refractivity (Wildman–Crippen MR) is 139 cm³/mol. The minimum Gasteiger partial charge on any atom is -0.378 e. The lowest BCUT2D eigenvalue weighted by Crippen LogP contribution is -2.37. The van der Waals surface area contributed by atoms with Crippen LogP contribution in [-0.4, -0.2) is 61.8 Å².